The molecule has 0 radical (unpaired) electrons. The van der Waals surface area contributed by atoms with E-state index in [1.165, 1.54) is 12.8 Å². The summed E-state index contributed by atoms with van der Waals surface area (Å²) in [5.74, 6) is 4.67. The SMILES string of the molecule is C#Cc1c(C)nc(-c2ccc(S(=O)(=O)NC(C)(C)C)s2)nc1Nc1cc(C2CC2)[nH]n1.[HH].[HH].[HH]. The van der Waals surface area contributed by atoms with Crippen LogP contribution in [0.2, 0.25) is 0 Å². The molecule has 1 aliphatic rings. The molecule has 0 amide bonds. The van der Waals surface area contributed by atoms with Gasteiger partial charge < -0.3 is 5.32 Å². The van der Waals surface area contributed by atoms with Crippen LogP contribution in [0.1, 0.15) is 60.8 Å². The molecule has 3 aromatic rings. The van der Waals surface area contributed by atoms with Crippen molar-refractivity contribution in [3.63, 3.8) is 0 Å². The molecule has 3 N–H and O–H groups in total. The highest BCUT2D eigenvalue weighted by Gasteiger charge is 2.26. The van der Waals surface area contributed by atoms with E-state index in [4.69, 9.17) is 6.42 Å². The van der Waals surface area contributed by atoms with Crippen molar-refractivity contribution in [3.05, 3.63) is 35.2 Å². The van der Waals surface area contributed by atoms with Crippen LogP contribution >= 0.6 is 11.3 Å². The summed E-state index contributed by atoms with van der Waals surface area (Å²) in [6, 6.07) is 5.23. The molecule has 3 heterocycles. The van der Waals surface area contributed by atoms with Crippen LogP contribution in [0.25, 0.3) is 10.7 Å². The number of hydrogen-bond donors (Lipinski definition) is 3. The van der Waals surface area contributed by atoms with E-state index >= 15 is 0 Å². The molecule has 0 saturated heterocycles. The van der Waals surface area contributed by atoms with Crippen molar-refractivity contribution < 1.29 is 12.7 Å². The summed E-state index contributed by atoms with van der Waals surface area (Å²) < 4.78 is 28.1. The van der Waals surface area contributed by atoms with E-state index in [0.717, 1.165) is 17.0 Å². The second-order valence-corrected chi connectivity index (χ2v) is 11.6. The number of rotatable bonds is 6. The third-order valence-corrected chi connectivity index (χ3v) is 7.93. The van der Waals surface area contributed by atoms with Gasteiger partial charge in [0.25, 0.3) is 10.0 Å². The predicted molar refractivity (Wildman–Crippen MR) is 128 cm³/mol. The lowest BCUT2D eigenvalue weighted by molar-refractivity contribution is 0.492. The first-order chi connectivity index (χ1) is 14.6. The molecule has 10 heteroatoms. The van der Waals surface area contributed by atoms with Crippen LogP contribution in [0.4, 0.5) is 11.6 Å². The molecule has 31 heavy (non-hydrogen) atoms. The summed E-state index contributed by atoms with van der Waals surface area (Å²) in [6.07, 6.45) is 8.03. The van der Waals surface area contributed by atoms with Crippen molar-refractivity contribution in [2.45, 2.75) is 56.2 Å². The van der Waals surface area contributed by atoms with Crippen LogP contribution in [0, 0.1) is 19.3 Å². The standard InChI is InChI=1S/C21H24N6O2S2.3H2/c1-6-14-12(2)22-20(16-9-10-18(30-16)31(28,29)27-21(3,4)5)24-19(14)23-17-11-15(25-26-17)13-7-8-13;;;/h1,9-11,13,27H,7-8H2,2-5H3,(H2,22,23,24,25,26);3*1H. The molecule has 1 fully saturated rings. The number of aromatic nitrogens is 4. The largest absolute Gasteiger partial charge is 0.322 e. The Hall–Kier alpha value is -2.74. The van der Waals surface area contributed by atoms with Gasteiger partial charge in [0.2, 0.25) is 0 Å². The van der Waals surface area contributed by atoms with Crippen LogP contribution in [-0.2, 0) is 10.0 Å². The number of sulfonamides is 1. The van der Waals surface area contributed by atoms with Crippen LogP contribution in [0.15, 0.2) is 22.4 Å². The minimum Gasteiger partial charge on any atom is -0.322 e. The second-order valence-electron chi connectivity index (χ2n) is 8.58. The predicted octanol–water partition coefficient (Wildman–Crippen LogP) is 4.65. The minimum atomic E-state index is -3.64. The Morgan fingerprint density at radius 1 is 1.29 bits per heavy atom. The van der Waals surface area contributed by atoms with E-state index in [2.05, 4.69) is 36.1 Å². The molecule has 0 bridgehead atoms. The van der Waals surface area contributed by atoms with E-state index < -0.39 is 15.6 Å². The summed E-state index contributed by atoms with van der Waals surface area (Å²) in [6.45, 7) is 7.20. The molecule has 1 aliphatic carbocycles. The van der Waals surface area contributed by atoms with Gasteiger partial charge in [-0.25, -0.2) is 23.1 Å². The molecule has 0 aliphatic heterocycles. The first-order valence-corrected chi connectivity index (χ1v) is 12.2. The van der Waals surface area contributed by atoms with Gasteiger partial charge in [0, 0.05) is 27.5 Å². The van der Waals surface area contributed by atoms with Gasteiger partial charge in [0.05, 0.1) is 16.1 Å². The van der Waals surface area contributed by atoms with Crippen molar-refractivity contribution in [2.24, 2.45) is 0 Å². The Bertz CT molecular complexity index is 1290. The Balaban J connectivity index is 0.00000193. The highest BCUT2D eigenvalue weighted by atomic mass is 32.2. The molecule has 0 aromatic carbocycles. The third-order valence-electron chi connectivity index (χ3n) is 4.60. The lowest BCUT2D eigenvalue weighted by Gasteiger charge is -2.19. The second kappa shape index (κ2) is 7.75. The molecular formula is C21H30N6O2S2. The quantitative estimate of drug-likeness (QED) is 0.460. The van der Waals surface area contributed by atoms with Gasteiger partial charge in [0.1, 0.15) is 4.21 Å². The molecule has 0 spiro atoms. The van der Waals surface area contributed by atoms with E-state index in [0.29, 0.717) is 39.5 Å². The fourth-order valence-corrected chi connectivity index (χ4v) is 5.77. The van der Waals surface area contributed by atoms with Gasteiger partial charge in [-0.3, -0.25) is 5.10 Å². The lowest BCUT2D eigenvalue weighted by Crippen LogP contribution is -2.40. The molecule has 3 aromatic heterocycles. The average Bonchev–Trinajstić information content (AvgIpc) is 3.19. The van der Waals surface area contributed by atoms with E-state index in [1.54, 1.807) is 39.8 Å². The summed E-state index contributed by atoms with van der Waals surface area (Å²) in [5, 5.41) is 10.5. The minimum absolute atomic E-state index is 0. The number of thiophene rings is 1. The number of nitrogens with one attached hydrogen (secondary N) is 3. The number of nitrogens with zero attached hydrogens (tertiary/aromatic N) is 3. The highest BCUT2D eigenvalue weighted by Crippen LogP contribution is 2.40. The van der Waals surface area contributed by atoms with Crippen LogP contribution in [0.5, 0.6) is 0 Å². The van der Waals surface area contributed by atoms with Crippen LogP contribution < -0.4 is 10.0 Å². The number of terminal acetylenes is 1. The Morgan fingerprint density at radius 3 is 2.68 bits per heavy atom. The first-order valence-electron chi connectivity index (χ1n) is 9.87. The van der Waals surface area contributed by atoms with Gasteiger partial charge in [0.15, 0.2) is 17.5 Å². The van der Waals surface area contributed by atoms with Gasteiger partial charge in [-0.05, 0) is 52.7 Å². The van der Waals surface area contributed by atoms with E-state index in [9.17, 15) is 8.42 Å². The topological polar surface area (TPSA) is 113 Å². The summed E-state index contributed by atoms with van der Waals surface area (Å²) in [7, 11) is -3.64. The number of aromatic amines is 1. The normalized spacial score (nSPS) is 14.4. The van der Waals surface area contributed by atoms with Gasteiger partial charge >= 0.3 is 0 Å². The van der Waals surface area contributed by atoms with Gasteiger partial charge in [-0.2, -0.15) is 5.10 Å². The van der Waals surface area contributed by atoms with Crippen molar-refractivity contribution >= 4 is 33.0 Å². The van der Waals surface area contributed by atoms with Crippen molar-refractivity contribution in [1.82, 2.24) is 24.9 Å². The highest BCUT2D eigenvalue weighted by molar-refractivity contribution is 7.91. The molecule has 0 unspecified atom stereocenters. The summed E-state index contributed by atoms with van der Waals surface area (Å²) >= 11 is 1.11. The van der Waals surface area contributed by atoms with Gasteiger partial charge in [-0.15, -0.1) is 17.8 Å². The Labute approximate surface area is 190 Å². The molecule has 168 valence electrons. The zero-order valence-corrected chi connectivity index (χ0v) is 19.4. The maximum atomic E-state index is 12.6. The molecule has 1 saturated carbocycles. The van der Waals surface area contributed by atoms with E-state index in [-0.39, 0.29) is 8.49 Å². The molecular weight excluding hydrogens is 432 g/mol. The number of hydrogen-bond acceptors (Lipinski definition) is 7. The average molecular weight is 463 g/mol. The molecule has 0 atom stereocenters. The lowest BCUT2D eigenvalue weighted by atomic mass is 10.1. The third kappa shape index (κ3) is 4.79. The monoisotopic (exact) mass is 462 g/mol. The van der Waals surface area contributed by atoms with Crippen molar-refractivity contribution in [2.75, 3.05) is 5.32 Å². The van der Waals surface area contributed by atoms with E-state index in [1.807, 2.05) is 6.07 Å². The Morgan fingerprint density at radius 2 is 2.03 bits per heavy atom. The zero-order valence-electron chi connectivity index (χ0n) is 17.8. The maximum absolute atomic E-state index is 12.6. The van der Waals surface area contributed by atoms with Crippen molar-refractivity contribution in [1.29, 1.82) is 0 Å². The van der Waals surface area contributed by atoms with Crippen LogP contribution in [-0.4, -0.2) is 34.1 Å². The Kier molecular flexibility index (Phi) is 5.37. The fraction of sp³-hybridized carbons (Fsp3) is 0.381. The molecule has 4 rings (SSSR count). The zero-order chi connectivity index (χ0) is 22.4. The first kappa shape index (κ1) is 21.5. The van der Waals surface area contributed by atoms with Gasteiger partial charge in [-0.1, -0.05) is 5.92 Å². The van der Waals surface area contributed by atoms with Crippen LogP contribution in [0.3, 0.4) is 0 Å². The molecule has 8 nitrogen and oxygen atoms in total. The summed E-state index contributed by atoms with van der Waals surface area (Å²) in [5.41, 5.74) is 1.68. The summed E-state index contributed by atoms with van der Waals surface area (Å²) in [4.78, 5) is 9.72. The number of H-pyrrole nitrogens is 1. The fourth-order valence-electron chi connectivity index (χ4n) is 3.11. The van der Waals surface area contributed by atoms with Crippen molar-refractivity contribution in [3.8, 4) is 23.0 Å². The maximum Gasteiger partial charge on any atom is 0.250 e. The smallest absolute Gasteiger partial charge is 0.250 e. The number of aryl methyl sites for hydroxylation is 1. The number of anilines is 2.